The Labute approximate surface area is 59.8 Å². The molecule has 4 heteroatoms. The molecule has 1 heterocycles. The predicted octanol–water partition coefficient (Wildman–Crippen LogP) is -0.439. The molecule has 0 radical (unpaired) electrons. The van der Waals surface area contributed by atoms with Gasteiger partial charge in [0, 0.05) is 20.2 Å². The van der Waals surface area contributed by atoms with Gasteiger partial charge >= 0.3 is 0 Å². The zero-order valence-corrected chi connectivity index (χ0v) is 6.15. The van der Waals surface area contributed by atoms with Gasteiger partial charge in [0.1, 0.15) is 0 Å². The molecule has 0 atom stereocenters. The van der Waals surface area contributed by atoms with Gasteiger partial charge in [0.2, 0.25) is 0 Å². The fraction of sp³-hybridized carbons (Fsp3) is 0.800. The maximum Gasteiger partial charge on any atom is 0.166 e. The molecule has 0 aromatic rings. The molecule has 2 N–H and O–H groups in total. The van der Waals surface area contributed by atoms with Crippen molar-refractivity contribution in [2.75, 3.05) is 20.2 Å². The van der Waals surface area contributed by atoms with Crippen LogP contribution in [0.3, 0.4) is 0 Å². The Morgan fingerprint density at radius 1 is 1.78 bits per heavy atom. The number of nitrogens with two attached hydrogens (primary N) is 1. The molecule has 0 aliphatic carbocycles. The largest absolute Gasteiger partial charge is 0.378 e. The summed E-state index contributed by atoms with van der Waals surface area (Å²) < 4.78 is 5.01. The van der Waals surface area contributed by atoms with Crippen LogP contribution in [0.4, 0.5) is 0 Å². The molecule has 0 saturated carbocycles. The lowest BCUT2D eigenvalue weighted by Gasteiger charge is -2.38. The molecule has 1 rings (SSSR count). The zero-order chi connectivity index (χ0) is 6.85. The van der Waals surface area contributed by atoms with E-state index in [0.717, 1.165) is 13.1 Å². The topological polar surface area (TPSA) is 38.5 Å². The number of hydrogen-bond donors (Lipinski definition) is 1. The summed E-state index contributed by atoms with van der Waals surface area (Å²) in [6, 6.07) is 0. The lowest BCUT2D eigenvalue weighted by atomic mass is 10.2. The summed E-state index contributed by atoms with van der Waals surface area (Å²) >= 11 is 4.72. The van der Waals surface area contributed by atoms with E-state index in [1.807, 2.05) is 4.90 Å². The summed E-state index contributed by atoms with van der Waals surface area (Å²) in [6.45, 7) is 1.71. The Hall–Kier alpha value is -0.350. The lowest BCUT2D eigenvalue weighted by Crippen LogP contribution is -2.56. The van der Waals surface area contributed by atoms with Gasteiger partial charge < -0.3 is 15.4 Å². The maximum absolute atomic E-state index is 5.32. The van der Waals surface area contributed by atoms with Gasteiger partial charge in [-0.25, -0.2) is 0 Å². The van der Waals surface area contributed by atoms with E-state index in [1.165, 1.54) is 0 Å². The average Bonchev–Trinajstić information content (AvgIpc) is 1.61. The molecule has 52 valence electrons. The van der Waals surface area contributed by atoms with Crippen molar-refractivity contribution in [3.63, 3.8) is 0 Å². The summed E-state index contributed by atoms with van der Waals surface area (Å²) in [4.78, 5) is 1.91. The minimum atomic E-state index is 0.339. The Balaban J connectivity index is 2.19. The molecule has 1 saturated heterocycles. The van der Waals surface area contributed by atoms with Crippen molar-refractivity contribution in [1.29, 1.82) is 0 Å². The molecule has 0 spiro atoms. The first kappa shape index (κ1) is 6.77. The number of rotatable bonds is 1. The van der Waals surface area contributed by atoms with E-state index >= 15 is 0 Å². The van der Waals surface area contributed by atoms with Crippen LogP contribution in [0.25, 0.3) is 0 Å². The van der Waals surface area contributed by atoms with Gasteiger partial charge in [0.25, 0.3) is 0 Å². The molecule has 0 aromatic carbocycles. The molecule has 0 amide bonds. The molecule has 3 nitrogen and oxygen atoms in total. The van der Waals surface area contributed by atoms with Crippen molar-refractivity contribution < 1.29 is 4.74 Å². The van der Waals surface area contributed by atoms with Crippen molar-refractivity contribution in [2.45, 2.75) is 6.10 Å². The fourth-order valence-electron chi connectivity index (χ4n) is 0.767. The molecule has 9 heavy (non-hydrogen) atoms. The van der Waals surface area contributed by atoms with E-state index in [0.29, 0.717) is 11.2 Å². The Kier molecular flexibility index (Phi) is 1.87. The van der Waals surface area contributed by atoms with Crippen LogP contribution >= 0.6 is 12.2 Å². The zero-order valence-electron chi connectivity index (χ0n) is 5.33. The summed E-state index contributed by atoms with van der Waals surface area (Å²) in [5, 5.41) is 0.475. The third-order valence-corrected chi connectivity index (χ3v) is 1.75. The quantitative estimate of drug-likeness (QED) is 0.509. The first-order valence-corrected chi connectivity index (χ1v) is 3.22. The molecule has 1 aliphatic heterocycles. The minimum Gasteiger partial charge on any atom is -0.378 e. The van der Waals surface area contributed by atoms with Gasteiger partial charge in [0.15, 0.2) is 5.11 Å². The normalized spacial score (nSPS) is 19.4. The van der Waals surface area contributed by atoms with Crippen molar-refractivity contribution in [1.82, 2.24) is 4.90 Å². The van der Waals surface area contributed by atoms with Crippen LogP contribution in [0, 0.1) is 0 Å². The van der Waals surface area contributed by atoms with Gasteiger partial charge in [-0.2, -0.15) is 0 Å². The summed E-state index contributed by atoms with van der Waals surface area (Å²) in [6.07, 6.45) is 0.339. The van der Waals surface area contributed by atoms with Crippen LogP contribution in [0.1, 0.15) is 0 Å². The van der Waals surface area contributed by atoms with Crippen LogP contribution in [0.2, 0.25) is 0 Å². The van der Waals surface area contributed by atoms with Crippen LogP contribution in [-0.4, -0.2) is 36.3 Å². The fourth-order valence-corrected chi connectivity index (χ4v) is 0.916. The van der Waals surface area contributed by atoms with E-state index in [-0.39, 0.29) is 0 Å². The summed E-state index contributed by atoms with van der Waals surface area (Å²) in [5.74, 6) is 0. The first-order chi connectivity index (χ1) is 4.24. The number of methoxy groups -OCH3 is 1. The third kappa shape index (κ3) is 1.31. The molecular formula is C5H10N2OS. The van der Waals surface area contributed by atoms with Crippen LogP contribution < -0.4 is 5.73 Å². The predicted molar refractivity (Wildman–Crippen MR) is 39.2 cm³/mol. The summed E-state index contributed by atoms with van der Waals surface area (Å²) in [5.41, 5.74) is 5.32. The van der Waals surface area contributed by atoms with E-state index in [1.54, 1.807) is 7.11 Å². The van der Waals surface area contributed by atoms with Gasteiger partial charge in [-0.15, -0.1) is 0 Å². The number of ether oxygens (including phenoxy) is 1. The average molecular weight is 146 g/mol. The highest BCUT2D eigenvalue weighted by Gasteiger charge is 2.26. The van der Waals surface area contributed by atoms with Gasteiger partial charge in [-0.3, -0.25) is 0 Å². The summed E-state index contributed by atoms with van der Waals surface area (Å²) in [7, 11) is 1.70. The number of nitrogens with zero attached hydrogens (tertiary/aromatic N) is 1. The minimum absolute atomic E-state index is 0.339. The highest BCUT2D eigenvalue weighted by Crippen LogP contribution is 2.08. The molecular weight excluding hydrogens is 136 g/mol. The second kappa shape index (κ2) is 2.49. The number of likely N-dealkylation sites (tertiary alicyclic amines) is 1. The van der Waals surface area contributed by atoms with Crippen LogP contribution in [-0.2, 0) is 4.74 Å². The van der Waals surface area contributed by atoms with Gasteiger partial charge in [-0.05, 0) is 12.2 Å². The second-order valence-corrected chi connectivity index (χ2v) is 2.52. The molecule has 1 aliphatic rings. The third-order valence-electron chi connectivity index (χ3n) is 1.49. The van der Waals surface area contributed by atoms with E-state index < -0.39 is 0 Å². The Morgan fingerprint density at radius 2 is 2.33 bits per heavy atom. The van der Waals surface area contributed by atoms with Crippen molar-refractivity contribution in [3.05, 3.63) is 0 Å². The smallest absolute Gasteiger partial charge is 0.166 e. The molecule has 0 bridgehead atoms. The second-order valence-electron chi connectivity index (χ2n) is 2.10. The van der Waals surface area contributed by atoms with Crippen molar-refractivity contribution in [2.24, 2.45) is 5.73 Å². The SMILES string of the molecule is COC1CN(C(N)=S)C1. The Morgan fingerprint density at radius 3 is 2.67 bits per heavy atom. The highest BCUT2D eigenvalue weighted by molar-refractivity contribution is 7.80. The van der Waals surface area contributed by atoms with Crippen LogP contribution in [0.15, 0.2) is 0 Å². The van der Waals surface area contributed by atoms with Crippen molar-refractivity contribution in [3.8, 4) is 0 Å². The van der Waals surface area contributed by atoms with Gasteiger partial charge in [0.05, 0.1) is 6.10 Å². The Bertz CT molecular complexity index is 122. The number of hydrogen-bond acceptors (Lipinski definition) is 2. The van der Waals surface area contributed by atoms with E-state index in [9.17, 15) is 0 Å². The van der Waals surface area contributed by atoms with Gasteiger partial charge in [-0.1, -0.05) is 0 Å². The van der Waals surface area contributed by atoms with Crippen molar-refractivity contribution >= 4 is 17.3 Å². The lowest BCUT2D eigenvalue weighted by molar-refractivity contribution is 0.00648. The first-order valence-electron chi connectivity index (χ1n) is 2.81. The standard InChI is InChI=1S/C5H10N2OS/c1-8-4-2-7(3-4)5(6)9/h4H,2-3H2,1H3,(H2,6,9). The maximum atomic E-state index is 5.32. The molecule has 1 fully saturated rings. The number of thiocarbonyl (C=S) groups is 1. The van der Waals surface area contributed by atoms with E-state index in [2.05, 4.69) is 0 Å². The molecule has 0 unspecified atom stereocenters. The highest BCUT2D eigenvalue weighted by atomic mass is 32.1. The van der Waals surface area contributed by atoms with Crippen LogP contribution in [0.5, 0.6) is 0 Å². The monoisotopic (exact) mass is 146 g/mol. The molecule has 0 aromatic heterocycles. The van der Waals surface area contributed by atoms with E-state index in [4.69, 9.17) is 22.7 Å².